The summed E-state index contributed by atoms with van der Waals surface area (Å²) in [5, 5.41) is 2.25. The molecule has 0 aliphatic rings. The molecule has 0 unspecified atom stereocenters. The largest absolute Gasteiger partial charge is 0.444 e. The van der Waals surface area contributed by atoms with E-state index in [2.05, 4.69) is 5.32 Å². The van der Waals surface area contributed by atoms with E-state index in [0.29, 0.717) is 0 Å². The van der Waals surface area contributed by atoms with Gasteiger partial charge in [0.15, 0.2) is 6.29 Å². The SMILES string of the molecule is Cn1c(NC(=O)OC(C)(C)C)c(C=O)c(=O)n(C)c1=O. The van der Waals surface area contributed by atoms with Gasteiger partial charge in [-0.3, -0.25) is 24.0 Å². The molecule has 0 radical (unpaired) electrons. The van der Waals surface area contributed by atoms with Crippen LogP contribution < -0.4 is 16.6 Å². The van der Waals surface area contributed by atoms with Gasteiger partial charge in [0.1, 0.15) is 17.0 Å². The highest BCUT2D eigenvalue weighted by Gasteiger charge is 2.21. The summed E-state index contributed by atoms with van der Waals surface area (Å²) in [6, 6.07) is 0. The molecule has 1 N–H and O–H groups in total. The maximum absolute atomic E-state index is 11.8. The number of carbonyl (C=O) groups excluding carboxylic acids is 2. The van der Waals surface area contributed by atoms with Crippen LogP contribution in [0.3, 0.4) is 0 Å². The van der Waals surface area contributed by atoms with Crippen molar-refractivity contribution in [3.63, 3.8) is 0 Å². The van der Waals surface area contributed by atoms with E-state index in [1.807, 2.05) is 0 Å². The number of aldehydes is 1. The Labute approximate surface area is 115 Å². The number of aromatic nitrogens is 2. The van der Waals surface area contributed by atoms with Crippen molar-refractivity contribution in [1.29, 1.82) is 0 Å². The molecule has 0 aromatic carbocycles. The molecule has 8 nitrogen and oxygen atoms in total. The Bertz CT molecular complexity index is 663. The number of rotatable bonds is 2. The predicted molar refractivity (Wildman–Crippen MR) is 72.2 cm³/mol. The number of hydrogen-bond acceptors (Lipinski definition) is 5. The molecule has 0 spiro atoms. The summed E-state index contributed by atoms with van der Waals surface area (Å²) in [6.45, 7) is 4.99. The van der Waals surface area contributed by atoms with Gasteiger partial charge in [0.05, 0.1) is 0 Å². The number of ether oxygens (including phenoxy) is 1. The van der Waals surface area contributed by atoms with Crippen molar-refractivity contribution in [2.75, 3.05) is 5.32 Å². The van der Waals surface area contributed by atoms with E-state index >= 15 is 0 Å². The Morgan fingerprint density at radius 3 is 2.20 bits per heavy atom. The zero-order chi connectivity index (χ0) is 15.7. The van der Waals surface area contributed by atoms with Gasteiger partial charge in [-0.25, -0.2) is 9.59 Å². The second-order valence-corrected chi connectivity index (χ2v) is 5.21. The van der Waals surface area contributed by atoms with Gasteiger partial charge in [-0.05, 0) is 20.8 Å². The number of nitrogens with one attached hydrogen (secondary N) is 1. The van der Waals surface area contributed by atoms with Gasteiger partial charge in [-0.2, -0.15) is 0 Å². The fourth-order valence-corrected chi connectivity index (χ4v) is 1.53. The van der Waals surface area contributed by atoms with Crippen molar-refractivity contribution in [3.05, 3.63) is 26.4 Å². The molecule has 1 heterocycles. The molecule has 0 atom stereocenters. The molecular weight excluding hydrogens is 266 g/mol. The smallest absolute Gasteiger partial charge is 0.413 e. The second kappa shape index (κ2) is 5.32. The standard InChI is InChI=1S/C12H17N3O5/c1-12(2,3)20-10(18)13-8-7(6-16)9(17)15(5)11(19)14(8)4/h6H,1-5H3,(H,13,18). The third-order valence-corrected chi connectivity index (χ3v) is 2.44. The molecule has 110 valence electrons. The highest BCUT2D eigenvalue weighted by molar-refractivity contribution is 5.91. The lowest BCUT2D eigenvalue weighted by molar-refractivity contribution is 0.0634. The van der Waals surface area contributed by atoms with Crippen LogP contribution in [-0.4, -0.2) is 27.1 Å². The molecule has 20 heavy (non-hydrogen) atoms. The van der Waals surface area contributed by atoms with Gasteiger partial charge in [0.2, 0.25) is 0 Å². The molecule has 8 heteroatoms. The molecule has 1 amide bonds. The van der Waals surface area contributed by atoms with Crippen LogP contribution in [0.15, 0.2) is 9.59 Å². The average Bonchev–Trinajstić information content (AvgIpc) is 2.31. The topological polar surface area (TPSA) is 99.4 Å². The third kappa shape index (κ3) is 3.14. The number of anilines is 1. The normalized spacial score (nSPS) is 11.1. The molecule has 1 rings (SSSR count). The van der Waals surface area contributed by atoms with Crippen molar-refractivity contribution in [1.82, 2.24) is 9.13 Å². The molecule has 0 saturated carbocycles. The molecule has 0 fully saturated rings. The first-order valence-electron chi connectivity index (χ1n) is 5.83. The first-order chi connectivity index (χ1) is 9.08. The van der Waals surface area contributed by atoms with Crippen molar-refractivity contribution in [3.8, 4) is 0 Å². The predicted octanol–water partition coefficient (Wildman–Crippen LogP) is 0.243. The quantitative estimate of drug-likeness (QED) is 0.784. The second-order valence-electron chi connectivity index (χ2n) is 5.21. The van der Waals surface area contributed by atoms with E-state index in [-0.39, 0.29) is 17.7 Å². The first-order valence-corrected chi connectivity index (χ1v) is 5.83. The van der Waals surface area contributed by atoms with Gasteiger partial charge < -0.3 is 4.74 Å². The minimum Gasteiger partial charge on any atom is -0.444 e. The van der Waals surface area contributed by atoms with Crippen LogP contribution >= 0.6 is 0 Å². The van der Waals surface area contributed by atoms with Gasteiger partial charge in [0.25, 0.3) is 5.56 Å². The fourth-order valence-electron chi connectivity index (χ4n) is 1.53. The monoisotopic (exact) mass is 283 g/mol. The number of carbonyl (C=O) groups is 2. The number of hydrogen-bond donors (Lipinski definition) is 1. The lowest BCUT2D eigenvalue weighted by Gasteiger charge is -2.20. The number of nitrogens with zero attached hydrogens (tertiary/aromatic N) is 2. The van der Waals surface area contributed by atoms with Crippen molar-refractivity contribution >= 4 is 18.2 Å². The van der Waals surface area contributed by atoms with Crippen LogP contribution in [0.2, 0.25) is 0 Å². The Morgan fingerprint density at radius 1 is 1.20 bits per heavy atom. The minimum atomic E-state index is -0.858. The van der Waals surface area contributed by atoms with Gasteiger partial charge in [-0.15, -0.1) is 0 Å². The zero-order valence-corrected chi connectivity index (χ0v) is 12.0. The fraction of sp³-hybridized carbons (Fsp3) is 0.500. The highest BCUT2D eigenvalue weighted by atomic mass is 16.6. The molecule has 0 bridgehead atoms. The molecule has 1 aromatic heterocycles. The van der Waals surface area contributed by atoms with E-state index in [1.165, 1.54) is 14.1 Å². The summed E-state index contributed by atoms with van der Waals surface area (Å²) in [5.74, 6) is -0.192. The van der Waals surface area contributed by atoms with E-state index in [1.54, 1.807) is 20.8 Å². The van der Waals surface area contributed by atoms with Crippen molar-refractivity contribution in [2.45, 2.75) is 26.4 Å². The lowest BCUT2D eigenvalue weighted by atomic mass is 10.2. The van der Waals surface area contributed by atoms with E-state index in [9.17, 15) is 19.2 Å². The van der Waals surface area contributed by atoms with Gasteiger partial charge >= 0.3 is 11.8 Å². The molecule has 0 aliphatic carbocycles. The third-order valence-electron chi connectivity index (χ3n) is 2.44. The summed E-state index contributed by atoms with van der Waals surface area (Å²) in [6.07, 6.45) is -0.571. The molecular formula is C12H17N3O5. The maximum atomic E-state index is 11.8. The van der Waals surface area contributed by atoms with E-state index in [4.69, 9.17) is 4.74 Å². The average molecular weight is 283 g/mol. The van der Waals surface area contributed by atoms with Gasteiger partial charge in [0, 0.05) is 14.1 Å². The minimum absolute atomic E-state index is 0.192. The summed E-state index contributed by atoms with van der Waals surface area (Å²) in [5.41, 5.74) is -2.51. The Morgan fingerprint density at radius 2 is 1.75 bits per heavy atom. The maximum Gasteiger partial charge on any atom is 0.413 e. The van der Waals surface area contributed by atoms with E-state index in [0.717, 1.165) is 9.13 Å². The number of amides is 1. The van der Waals surface area contributed by atoms with Crippen LogP contribution in [0.4, 0.5) is 10.6 Å². The Kier molecular flexibility index (Phi) is 4.17. The molecule has 0 aliphatic heterocycles. The first kappa shape index (κ1) is 15.7. The van der Waals surface area contributed by atoms with Crippen molar-refractivity contribution < 1.29 is 14.3 Å². The zero-order valence-electron chi connectivity index (χ0n) is 12.0. The Hall–Kier alpha value is -2.38. The summed E-state index contributed by atoms with van der Waals surface area (Å²) < 4.78 is 6.79. The van der Waals surface area contributed by atoms with Crippen LogP contribution in [0.5, 0.6) is 0 Å². The van der Waals surface area contributed by atoms with Crippen LogP contribution in [-0.2, 0) is 18.8 Å². The van der Waals surface area contributed by atoms with E-state index < -0.39 is 22.9 Å². The molecule has 0 saturated heterocycles. The van der Waals surface area contributed by atoms with Gasteiger partial charge in [-0.1, -0.05) is 0 Å². The lowest BCUT2D eigenvalue weighted by Crippen LogP contribution is -2.41. The van der Waals surface area contributed by atoms with Crippen LogP contribution in [0.1, 0.15) is 31.1 Å². The van der Waals surface area contributed by atoms with Crippen LogP contribution in [0, 0.1) is 0 Å². The van der Waals surface area contributed by atoms with Crippen LogP contribution in [0.25, 0.3) is 0 Å². The highest BCUT2D eigenvalue weighted by Crippen LogP contribution is 2.11. The van der Waals surface area contributed by atoms with Crippen molar-refractivity contribution in [2.24, 2.45) is 14.1 Å². The summed E-state index contributed by atoms with van der Waals surface area (Å²) >= 11 is 0. The summed E-state index contributed by atoms with van der Waals surface area (Å²) in [7, 11) is 2.58. The Balaban J connectivity index is 3.33. The summed E-state index contributed by atoms with van der Waals surface area (Å²) in [4.78, 5) is 46.2. The molecule has 1 aromatic rings.